The van der Waals surface area contributed by atoms with E-state index in [-0.39, 0.29) is 9.79 Å². The van der Waals surface area contributed by atoms with Crippen LogP contribution in [0.3, 0.4) is 0 Å². The van der Waals surface area contributed by atoms with Crippen LogP contribution in [0, 0.1) is 11.8 Å². The first kappa shape index (κ1) is 23.9. The van der Waals surface area contributed by atoms with Gasteiger partial charge in [0.2, 0.25) is 0 Å². The van der Waals surface area contributed by atoms with Crippen molar-refractivity contribution in [2.24, 2.45) is 16.2 Å². The van der Waals surface area contributed by atoms with E-state index in [4.69, 9.17) is 4.43 Å². The molecule has 1 aromatic rings. The van der Waals surface area contributed by atoms with Gasteiger partial charge in [0.15, 0.2) is 8.32 Å². The fourth-order valence-electron chi connectivity index (χ4n) is 2.75. The first-order valence-corrected chi connectivity index (χ1v) is 14.8. The highest BCUT2D eigenvalue weighted by Gasteiger charge is 2.40. The van der Waals surface area contributed by atoms with Gasteiger partial charge in [0.25, 0.3) is 0 Å². The zero-order chi connectivity index (χ0) is 21.3. The molecule has 0 N–H and O–H groups in total. The second-order valence-electron chi connectivity index (χ2n) is 10.3. The summed E-state index contributed by atoms with van der Waals surface area (Å²) >= 11 is 3.44. The molecule has 28 heavy (non-hydrogen) atoms. The van der Waals surface area contributed by atoms with Gasteiger partial charge in [-0.05, 0) is 85.7 Å². The molecule has 1 atom stereocenters. The lowest BCUT2D eigenvalue weighted by Gasteiger charge is -2.41. The molecule has 2 rings (SSSR count). The molecule has 0 aromatic carbocycles. The molecular formula is C21H35BrN2O2SSi. The Hall–Kier alpha value is -0.373. The van der Waals surface area contributed by atoms with Crippen LogP contribution < -0.4 is 0 Å². The normalized spacial score (nSPS) is 22.7. The third-order valence-corrected chi connectivity index (χ3v) is 12.1. The lowest BCUT2D eigenvalue weighted by molar-refractivity contribution is 0.143. The van der Waals surface area contributed by atoms with E-state index >= 15 is 0 Å². The van der Waals surface area contributed by atoms with Crippen LogP contribution in [-0.2, 0) is 15.4 Å². The third kappa shape index (κ3) is 6.06. The average Bonchev–Trinajstić information content (AvgIpc) is 2.49. The maximum atomic E-state index is 12.7. The Morgan fingerprint density at radius 2 is 1.86 bits per heavy atom. The molecule has 0 spiro atoms. The number of halogens is 1. The molecule has 1 aliphatic rings. The van der Waals surface area contributed by atoms with Crippen LogP contribution in [0.1, 0.15) is 60.1 Å². The summed E-state index contributed by atoms with van der Waals surface area (Å²) in [6.45, 7) is 18.1. The average molecular weight is 488 g/mol. The first-order chi connectivity index (χ1) is 12.7. The summed E-state index contributed by atoms with van der Waals surface area (Å²) in [7, 11) is -3.01. The summed E-state index contributed by atoms with van der Waals surface area (Å²) in [6, 6.07) is 5.82. The summed E-state index contributed by atoms with van der Waals surface area (Å²) in [5.74, 6) is 0.834. The van der Waals surface area contributed by atoms with E-state index in [1.807, 2.05) is 39.0 Å². The minimum absolute atomic E-state index is 0.229. The number of rotatable bonds is 6. The van der Waals surface area contributed by atoms with Crippen molar-refractivity contribution < 1.29 is 8.63 Å². The van der Waals surface area contributed by atoms with Gasteiger partial charge in [-0.3, -0.25) is 0 Å². The number of nitrogens with zero attached hydrogens (tertiary/aromatic N) is 2. The maximum Gasteiger partial charge on any atom is 0.191 e. The van der Waals surface area contributed by atoms with Gasteiger partial charge in [-0.25, -0.2) is 9.19 Å². The van der Waals surface area contributed by atoms with Gasteiger partial charge in [0.05, 0.1) is 16.2 Å². The van der Waals surface area contributed by atoms with Crippen LogP contribution in [0.15, 0.2) is 27.2 Å². The Balaban J connectivity index is 2.11. The zero-order valence-electron chi connectivity index (χ0n) is 18.5. The van der Waals surface area contributed by atoms with Gasteiger partial charge < -0.3 is 4.43 Å². The van der Waals surface area contributed by atoms with E-state index in [1.165, 1.54) is 0 Å². The lowest BCUT2D eigenvalue weighted by Crippen LogP contribution is -2.44. The number of pyridine rings is 1. The van der Waals surface area contributed by atoms with Crippen LogP contribution in [0.4, 0.5) is 0 Å². The molecule has 1 heterocycles. The maximum absolute atomic E-state index is 12.7. The molecule has 7 heteroatoms. The summed E-state index contributed by atoms with van der Waals surface area (Å²) in [4.78, 5) is 4.58. The van der Waals surface area contributed by atoms with E-state index < -0.39 is 19.3 Å². The summed E-state index contributed by atoms with van der Waals surface area (Å²) in [5, 5.41) is 0.229. The van der Waals surface area contributed by atoms with Crippen molar-refractivity contribution in [3.05, 3.63) is 28.5 Å². The molecule has 158 valence electrons. The molecule has 1 fully saturated rings. The molecule has 1 aromatic heterocycles. The fourth-order valence-corrected chi connectivity index (χ4v) is 4.87. The zero-order valence-corrected chi connectivity index (χ0v) is 21.9. The van der Waals surface area contributed by atoms with Crippen LogP contribution >= 0.6 is 15.9 Å². The summed E-state index contributed by atoms with van der Waals surface area (Å²) in [5.41, 5.74) is 1.69. The quantitative estimate of drug-likeness (QED) is 0.275. The molecule has 1 aliphatic carbocycles. The summed E-state index contributed by atoms with van der Waals surface area (Å²) < 4.78 is 24.1. The van der Waals surface area contributed by atoms with Crippen LogP contribution in [0.5, 0.6) is 0 Å². The van der Waals surface area contributed by atoms with Gasteiger partial charge in [0.1, 0.15) is 15.6 Å². The molecule has 0 bridgehead atoms. The molecule has 0 radical (unpaired) electrons. The predicted molar refractivity (Wildman–Crippen MR) is 126 cm³/mol. The van der Waals surface area contributed by atoms with E-state index in [2.05, 4.69) is 59.2 Å². The van der Waals surface area contributed by atoms with Crippen LogP contribution in [-0.4, -0.2) is 34.6 Å². The predicted octanol–water partition coefficient (Wildman–Crippen LogP) is 6.14. The highest BCUT2D eigenvalue weighted by molar-refractivity contribution is 9.10. The van der Waals surface area contributed by atoms with Gasteiger partial charge in [-0.1, -0.05) is 26.8 Å². The first-order valence-electron chi connectivity index (χ1n) is 9.98. The highest BCUT2D eigenvalue weighted by Crippen LogP contribution is 2.41. The van der Waals surface area contributed by atoms with E-state index in [0.717, 1.165) is 35.5 Å². The van der Waals surface area contributed by atoms with Crippen molar-refractivity contribution in [2.75, 3.05) is 6.61 Å². The molecule has 0 saturated heterocycles. The van der Waals surface area contributed by atoms with Gasteiger partial charge >= 0.3 is 0 Å². The Morgan fingerprint density at radius 1 is 1.25 bits per heavy atom. The fraction of sp³-hybridized carbons (Fsp3) is 0.714. The number of hydrogen-bond acceptors (Lipinski definition) is 3. The van der Waals surface area contributed by atoms with Gasteiger partial charge in [-0.2, -0.15) is 4.40 Å². The highest BCUT2D eigenvalue weighted by atomic mass is 79.9. The molecule has 0 amide bonds. The molecule has 4 nitrogen and oxygen atoms in total. The SMILES string of the molecule is CC(C)(C)S(=O)N=C(c1cccc(Br)n1)C1CC(CO[Si](C)(C)C(C)(C)C)C1. The van der Waals surface area contributed by atoms with E-state index in [9.17, 15) is 4.21 Å². The van der Waals surface area contributed by atoms with Crippen molar-refractivity contribution in [2.45, 2.75) is 77.3 Å². The van der Waals surface area contributed by atoms with Crippen LogP contribution in [0.2, 0.25) is 18.1 Å². The monoisotopic (exact) mass is 486 g/mol. The van der Waals surface area contributed by atoms with E-state index in [1.54, 1.807) is 0 Å². The van der Waals surface area contributed by atoms with Gasteiger partial charge in [-0.15, -0.1) is 0 Å². The molecule has 1 unspecified atom stereocenters. The smallest absolute Gasteiger partial charge is 0.191 e. The number of hydrogen-bond donors (Lipinski definition) is 0. The van der Waals surface area contributed by atoms with Crippen molar-refractivity contribution >= 4 is 40.9 Å². The second kappa shape index (κ2) is 8.78. The van der Waals surface area contributed by atoms with E-state index in [0.29, 0.717) is 11.8 Å². The largest absolute Gasteiger partial charge is 0.417 e. The van der Waals surface area contributed by atoms with Crippen molar-refractivity contribution in [1.82, 2.24) is 4.98 Å². The van der Waals surface area contributed by atoms with Crippen LogP contribution in [0.25, 0.3) is 0 Å². The molecular weight excluding hydrogens is 452 g/mol. The Bertz CT molecular complexity index is 748. The standard InChI is InChI=1S/C21H35BrN2O2SSi/c1-20(2,3)27(25)24-19(17-10-9-11-18(22)23-17)16-12-15(13-16)14-26-28(7,8)21(4,5)6/h9-11,15-16H,12-14H2,1-8H3. The number of aromatic nitrogens is 1. The Morgan fingerprint density at radius 3 is 2.36 bits per heavy atom. The van der Waals surface area contributed by atoms with Crippen molar-refractivity contribution in [1.29, 1.82) is 0 Å². The van der Waals surface area contributed by atoms with Crippen molar-refractivity contribution in [3.63, 3.8) is 0 Å². The Labute approximate surface area is 182 Å². The topological polar surface area (TPSA) is 51.5 Å². The molecule has 0 aliphatic heterocycles. The lowest BCUT2D eigenvalue weighted by atomic mass is 9.72. The Kier molecular flexibility index (Phi) is 7.50. The van der Waals surface area contributed by atoms with Gasteiger partial charge in [0, 0.05) is 12.5 Å². The third-order valence-electron chi connectivity index (χ3n) is 5.79. The minimum atomic E-state index is -1.72. The minimum Gasteiger partial charge on any atom is -0.417 e. The summed E-state index contributed by atoms with van der Waals surface area (Å²) in [6.07, 6.45) is 2.03. The van der Waals surface area contributed by atoms with Crippen molar-refractivity contribution in [3.8, 4) is 0 Å². The second-order valence-corrected chi connectivity index (χ2v) is 17.8. The molecule has 1 saturated carbocycles.